The van der Waals surface area contributed by atoms with Crippen molar-refractivity contribution in [2.45, 2.75) is 71.8 Å². The molecule has 0 aromatic carbocycles. The van der Waals surface area contributed by atoms with Gasteiger partial charge in [-0.1, -0.05) is 19.3 Å². The Hall–Kier alpha value is -1.26. The highest BCUT2D eigenvalue weighted by Gasteiger charge is 2.15. The smallest absolute Gasteiger partial charge is 0.407 e. The van der Waals surface area contributed by atoms with E-state index in [9.17, 15) is 9.59 Å². The van der Waals surface area contributed by atoms with Gasteiger partial charge in [0.05, 0.1) is 6.61 Å². The van der Waals surface area contributed by atoms with E-state index in [1.807, 2.05) is 27.7 Å². The summed E-state index contributed by atoms with van der Waals surface area (Å²) in [5, 5.41) is 2.73. The predicted octanol–water partition coefficient (Wildman–Crippen LogP) is 3.41. The molecule has 5 nitrogen and oxygen atoms in total. The molecule has 0 aliphatic rings. The average molecular weight is 287 g/mol. The normalized spacial score (nSPS) is 11.0. The third kappa shape index (κ3) is 13.2. The van der Waals surface area contributed by atoms with Gasteiger partial charge in [0.25, 0.3) is 0 Å². The molecule has 0 aromatic rings. The van der Waals surface area contributed by atoms with Gasteiger partial charge in [0.15, 0.2) is 0 Å². The summed E-state index contributed by atoms with van der Waals surface area (Å²) >= 11 is 0. The Morgan fingerprint density at radius 2 is 1.60 bits per heavy atom. The molecular weight excluding hydrogens is 258 g/mol. The fourth-order valence-corrected chi connectivity index (χ4v) is 1.66. The van der Waals surface area contributed by atoms with Crippen LogP contribution in [-0.2, 0) is 14.3 Å². The van der Waals surface area contributed by atoms with Crippen LogP contribution in [0.4, 0.5) is 4.79 Å². The maximum absolute atomic E-state index is 11.3. The van der Waals surface area contributed by atoms with Crippen molar-refractivity contribution in [3.8, 4) is 0 Å². The van der Waals surface area contributed by atoms with E-state index in [4.69, 9.17) is 9.47 Å². The molecule has 0 fully saturated rings. The first-order valence-corrected chi connectivity index (χ1v) is 7.47. The molecule has 0 saturated carbocycles. The van der Waals surface area contributed by atoms with E-state index in [-0.39, 0.29) is 12.1 Å². The molecule has 118 valence electrons. The summed E-state index contributed by atoms with van der Waals surface area (Å²) in [7, 11) is 0. The van der Waals surface area contributed by atoms with Gasteiger partial charge in [-0.2, -0.15) is 0 Å². The number of esters is 1. The van der Waals surface area contributed by atoms with Crippen LogP contribution in [0.2, 0.25) is 0 Å². The first-order chi connectivity index (χ1) is 9.35. The van der Waals surface area contributed by atoms with E-state index in [1.54, 1.807) is 0 Å². The van der Waals surface area contributed by atoms with E-state index in [0.717, 1.165) is 32.1 Å². The van der Waals surface area contributed by atoms with Crippen molar-refractivity contribution in [1.29, 1.82) is 0 Å². The van der Waals surface area contributed by atoms with Gasteiger partial charge in [-0.25, -0.2) is 4.79 Å². The molecule has 0 heterocycles. The van der Waals surface area contributed by atoms with E-state index in [0.29, 0.717) is 19.6 Å². The minimum Gasteiger partial charge on any atom is -0.466 e. The fourth-order valence-electron chi connectivity index (χ4n) is 1.66. The van der Waals surface area contributed by atoms with E-state index < -0.39 is 5.60 Å². The molecule has 0 atom stereocenters. The molecule has 0 saturated heterocycles. The second-order valence-electron chi connectivity index (χ2n) is 5.75. The van der Waals surface area contributed by atoms with E-state index in [1.165, 1.54) is 0 Å². The van der Waals surface area contributed by atoms with E-state index >= 15 is 0 Å². The van der Waals surface area contributed by atoms with Crippen LogP contribution in [0.25, 0.3) is 0 Å². The summed E-state index contributed by atoms with van der Waals surface area (Å²) in [6.07, 6.45) is 5.07. The zero-order valence-electron chi connectivity index (χ0n) is 13.3. The molecule has 0 bridgehead atoms. The Morgan fingerprint density at radius 1 is 1.00 bits per heavy atom. The number of carbonyl (C=O) groups excluding carboxylic acids is 2. The van der Waals surface area contributed by atoms with Crippen LogP contribution in [0.15, 0.2) is 0 Å². The monoisotopic (exact) mass is 287 g/mol. The van der Waals surface area contributed by atoms with Crippen LogP contribution >= 0.6 is 0 Å². The van der Waals surface area contributed by atoms with Crippen LogP contribution < -0.4 is 5.32 Å². The quantitative estimate of drug-likeness (QED) is 0.521. The fraction of sp³-hybridized carbons (Fsp3) is 0.867. The van der Waals surface area contributed by atoms with Crippen molar-refractivity contribution in [3.63, 3.8) is 0 Å². The van der Waals surface area contributed by atoms with Crippen molar-refractivity contribution in [2.24, 2.45) is 0 Å². The van der Waals surface area contributed by atoms with Crippen LogP contribution in [-0.4, -0.2) is 30.8 Å². The van der Waals surface area contributed by atoms with Crippen LogP contribution in [0.5, 0.6) is 0 Å². The molecule has 0 aromatic heterocycles. The summed E-state index contributed by atoms with van der Waals surface area (Å²) in [6, 6.07) is 0. The minimum atomic E-state index is -0.447. The number of ether oxygens (including phenoxy) is 2. The number of amides is 1. The highest BCUT2D eigenvalue weighted by molar-refractivity contribution is 5.69. The molecule has 0 aliphatic carbocycles. The minimum absolute atomic E-state index is 0.112. The molecule has 1 N–H and O–H groups in total. The van der Waals surface area contributed by atoms with Crippen LogP contribution in [0.3, 0.4) is 0 Å². The summed E-state index contributed by atoms with van der Waals surface area (Å²) < 4.78 is 9.98. The molecule has 1 amide bonds. The van der Waals surface area contributed by atoms with Crippen molar-refractivity contribution < 1.29 is 19.1 Å². The van der Waals surface area contributed by atoms with Gasteiger partial charge < -0.3 is 14.8 Å². The number of carbonyl (C=O) groups is 2. The Morgan fingerprint density at radius 3 is 2.20 bits per heavy atom. The van der Waals surface area contributed by atoms with Crippen molar-refractivity contribution in [3.05, 3.63) is 0 Å². The lowest BCUT2D eigenvalue weighted by Gasteiger charge is -2.19. The Bertz CT molecular complexity index is 284. The first kappa shape index (κ1) is 18.7. The molecule has 5 heteroatoms. The molecule has 0 unspecified atom stereocenters. The molecule has 20 heavy (non-hydrogen) atoms. The second kappa shape index (κ2) is 10.5. The SMILES string of the molecule is CCOC(=O)CCCCCCCNC(=O)OC(C)(C)C. The summed E-state index contributed by atoms with van der Waals surface area (Å²) in [5.74, 6) is -0.112. The highest BCUT2D eigenvalue weighted by Crippen LogP contribution is 2.07. The zero-order valence-corrected chi connectivity index (χ0v) is 13.3. The highest BCUT2D eigenvalue weighted by atomic mass is 16.6. The number of hydrogen-bond donors (Lipinski definition) is 1. The summed E-state index contributed by atoms with van der Waals surface area (Å²) in [5.41, 5.74) is -0.447. The molecule has 0 radical (unpaired) electrons. The van der Waals surface area contributed by atoms with Crippen LogP contribution in [0, 0.1) is 0 Å². The number of rotatable bonds is 9. The van der Waals surface area contributed by atoms with Gasteiger partial charge in [0.1, 0.15) is 5.60 Å². The van der Waals surface area contributed by atoms with Gasteiger partial charge in [0.2, 0.25) is 0 Å². The number of nitrogens with one attached hydrogen (secondary N) is 1. The molecular formula is C15H29NO4. The standard InChI is InChI=1S/C15H29NO4/c1-5-19-13(17)11-9-7-6-8-10-12-16-14(18)20-15(2,3)4/h5-12H2,1-4H3,(H,16,18). The lowest BCUT2D eigenvalue weighted by atomic mass is 10.1. The van der Waals surface area contributed by atoms with Gasteiger partial charge in [0, 0.05) is 13.0 Å². The number of alkyl carbamates (subject to hydrolysis) is 1. The molecule has 0 aliphatic heterocycles. The molecule has 0 spiro atoms. The van der Waals surface area contributed by atoms with Gasteiger partial charge in [-0.05, 0) is 40.5 Å². The van der Waals surface area contributed by atoms with Gasteiger partial charge in [-0.3, -0.25) is 4.79 Å². The summed E-state index contributed by atoms with van der Waals surface area (Å²) in [4.78, 5) is 22.4. The lowest BCUT2D eigenvalue weighted by Crippen LogP contribution is -2.32. The number of hydrogen-bond acceptors (Lipinski definition) is 4. The Balaban J connectivity index is 3.33. The van der Waals surface area contributed by atoms with Gasteiger partial charge >= 0.3 is 12.1 Å². The Kier molecular flexibility index (Phi) is 9.86. The van der Waals surface area contributed by atoms with Crippen molar-refractivity contribution in [2.75, 3.05) is 13.2 Å². The maximum atomic E-state index is 11.3. The van der Waals surface area contributed by atoms with Crippen LogP contribution in [0.1, 0.15) is 66.2 Å². The third-order valence-electron chi connectivity index (χ3n) is 2.53. The lowest BCUT2D eigenvalue weighted by molar-refractivity contribution is -0.143. The second-order valence-corrected chi connectivity index (χ2v) is 5.75. The molecule has 0 rings (SSSR count). The van der Waals surface area contributed by atoms with Crippen molar-refractivity contribution in [1.82, 2.24) is 5.32 Å². The predicted molar refractivity (Wildman–Crippen MR) is 78.6 cm³/mol. The first-order valence-electron chi connectivity index (χ1n) is 7.47. The average Bonchev–Trinajstić information content (AvgIpc) is 2.30. The zero-order chi connectivity index (χ0) is 15.4. The van der Waals surface area contributed by atoms with Gasteiger partial charge in [-0.15, -0.1) is 0 Å². The largest absolute Gasteiger partial charge is 0.466 e. The summed E-state index contributed by atoms with van der Waals surface area (Å²) in [6.45, 7) is 8.43. The van der Waals surface area contributed by atoms with Crippen molar-refractivity contribution >= 4 is 12.1 Å². The third-order valence-corrected chi connectivity index (χ3v) is 2.53. The number of unbranched alkanes of at least 4 members (excludes halogenated alkanes) is 4. The Labute approximate surface area is 122 Å². The maximum Gasteiger partial charge on any atom is 0.407 e. The topological polar surface area (TPSA) is 64.6 Å². The van der Waals surface area contributed by atoms with E-state index in [2.05, 4.69) is 5.32 Å².